The molecule has 0 amide bonds. The molecule has 5 nitrogen and oxygen atoms in total. The topological polar surface area (TPSA) is 74.8 Å². The molecule has 3 aliphatic heterocycles. The maximum Gasteiger partial charge on any atom is 0.430 e. The van der Waals surface area contributed by atoms with Crippen LogP contribution >= 0.6 is 0 Å². The molecule has 200 valence electrons. The lowest BCUT2D eigenvalue weighted by Crippen LogP contribution is -2.71. The Hall–Kier alpha value is -1.56. The first kappa shape index (κ1) is 26.5. The van der Waals surface area contributed by atoms with Crippen molar-refractivity contribution in [1.29, 1.82) is 0 Å². The maximum absolute atomic E-state index is 14.0. The average molecular weight is 538 g/mol. The highest BCUT2D eigenvalue weighted by molar-refractivity contribution is 5.44. The predicted molar refractivity (Wildman–Crippen MR) is 85.4 cm³/mol. The fourth-order valence-corrected chi connectivity index (χ4v) is 4.92. The summed E-state index contributed by atoms with van der Waals surface area (Å²) in [5, 5.41) is 20.0. The first-order chi connectivity index (χ1) is 15.6. The van der Waals surface area contributed by atoms with Crippen LogP contribution in [0, 0.1) is 11.3 Å². The molecule has 2 N–H and O–H groups in total. The molecule has 4 rings (SSSR count). The number of alkyl halides is 12. The first-order valence-electron chi connectivity index (χ1n) is 9.66. The molecule has 6 unspecified atom stereocenters. The third-order valence-corrected chi connectivity index (χ3v) is 6.73. The van der Waals surface area contributed by atoms with Crippen LogP contribution in [0.4, 0.5) is 52.7 Å². The van der Waals surface area contributed by atoms with Crippen LogP contribution in [-0.4, -0.2) is 83.7 Å². The lowest BCUT2D eigenvalue weighted by Gasteiger charge is -2.51. The fraction of sp³-hybridized carbons (Fsp3) is 0.778. The van der Waals surface area contributed by atoms with Crippen molar-refractivity contribution < 1.29 is 77.1 Å². The fourth-order valence-electron chi connectivity index (χ4n) is 4.92. The highest BCUT2D eigenvalue weighted by Gasteiger charge is 2.86. The van der Waals surface area contributed by atoms with Crippen molar-refractivity contribution in [2.75, 3.05) is 13.2 Å². The zero-order valence-electron chi connectivity index (χ0n) is 16.7. The van der Waals surface area contributed by atoms with E-state index in [-0.39, 0.29) is 18.2 Å². The van der Waals surface area contributed by atoms with Crippen molar-refractivity contribution in [2.45, 2.75) is 60.3 Å². The third kappa shape index (κ3) is 3.44. The molecule has 0 spiro atoms. The lowest BCUT2D eigenvalue weighted by atomic mass is 9.56. The van der Waals surface area contributed by atoms with E-state index >= 15 is 0 Å². The summed E-state index contributed by atoms with van der Waals surface area (Å²) >= 11 is 0. The predicted octanol–water partition coefficient (Wildman–Crippen LogP) is 3.36. The minimum absolute atomic E-state index is 0.210. The molecule has 0 aromatic heterocycles. The number of hydrogen-bond donors (Lipinski definition) is 2. The van der Waals surface area contributed by atoms with Crippen LogP contribution in [0.5, 0.6) is 0 Å². The van der Waals surface area contributed by atoms with Crippen molar-refractivity contribution in [1.82, 2.24) is 0 Å². The second-order valence-electron chi connectivity index (χ2n) is 8.60. The van der Waals surface area contributed by atoms with Gasteiger partial charge in [0.2, 0.25) is 0 Å². The Morgan fingerprint density at radius 2 is 1.26 bits per heavy atom. The summed E-state index contributed by atoms with van der Waals surface area (Å²) in [6.07, 6.45) is -33.7. The second-order valence-corrected chi connectivity index (χ2v) is 8.60. The van der Waals surface area contributed by atoms with Crippen molar-refractivity contribution >= 4 is 0 Å². The molecule has 17 heteroatoms. The molecular weight excluding hydrogens is 524 g/mol. The molecule has 3 heterocycles. The molecule has 0 aromatic carbocycles. The van der Waals surface area contributed by atoms with Gasteiger partial charge in [0.25, 0.3) is 11.2 Å². The first-order valence-corrected chi connectivity index (χ1v) is 9.66. The summed E-state index contributed by atoms with van der Waals surface area (Å²) in [4.78, 5) is 0. The number of rotatable bonds is 2. The SMILES string of the molecule is OC(C1=CC2C3OC3COCC3OC3C2(C(O)(C(F)(F)F)C(F)(F)F)C=C1)(C(F)(F)F)C(F)(F)F. The van der Waals surface area contributed by atoms with Crippen LogP contribution < -0.4 is 0 Å². The number of hydrogen-bond acceptors (Lipinski definition) is 5. The Morgan fingerprint density at radius 3 is 1.74 bits per heavy atom. The molecule has 6 atom stereocenters. The van der Waals surface area contributed by atoms with Crippen molar-refractivity contribution in [2.24, 2.45) is 11.3 Å². The monoisotopic (exact) mass is 538 g/mol. The van der Waals surface area contributed by atoms with E-state index in [1.165, 1.54) is 0 Å². The Bertz CT molecular complexity index is 904. The van der Waals surface area contributed by atoms with Crippen LogP contribution in [0.25, 0.3) is 0 Å². The number of aliphatic hydroxyl groups is 2. The summed E-state index contributed by atoms with van der Waals surface area (Å²) in [6, 6.07) is 0. The van der Waals surface area contributed by atoms with E-state index in [1.807, 2.05) is 0 Å². The Balaban J connectivity index is 1.99. The van der Waals surface area contributed by atoms with Gasteiger partial charge in [-0.3, -0.25) is 0 Å². The van der Waals surface area contributed by atoms with E-state index < -0.39 is 90.4 Å². The summed E-state index contributed by atoms with van der Waals surface area (Å²) < 4.78 is 179. The maximum atomic E-state index is 14.0. The molecule has 4 aliphatic rings. The van der Waals surface area contributed by atoms with Gasteiger partial charge in [0, 0.05) is 5.92 Å². The smallest absolute Gasteiger partial charge is 0.376 e. The molecule has 0 radical (unpaired) electrons. The van der Waals surface area contributed by atoms with Gasteiger partial charge in [0.05, 0.1) is 30.8 Å². The average Bonchev–Trinajstić information content (AvgIpc) is 3.59. The largest absolute Gasteiger partial charge is 0.430 e. The minimum Gasteiger partial charge on any atom is -0.376 e. The molecule has 1 aliphatic carbocycles. The minimum atomic E-state index is -6.53. The van der Waals surface area contributed by atoms with Gasteiger partial charge >= 0.3 is 24.7 Å². The quantitative estimate of drug-likeness (QED) is 0.417. The van der Waals surface area contributed by atoms with E-state index in [4.69, 9.17) is 14.2 Å². The molecular formula is C18H14F12O5. The summed E-state index contributed by atoms with van der Waals surface area (Å²) in [7, 11) is 0. The van der Waals surface area contributed by atoms with Crippen LogP contribution in [0.3, 0.4) is 0 Å². The van der Waals surface area contributed by atoms with Crippen molar-refractivity contribution in [3.8, 4) is 0 Å². The second kappa shape index (κ2) is 7.26. The van der Waals surface area contributed by atoms with Crippen LogP contribution in [0.15, 0.2) is 23.8 Å². The van der Waals surface area contributed by atoms with Gasteiger partial charge in [-0.15, -0.1) is 0 Å². The van der Waals surface area contributed by atoms with E-state index in [0.29, 0.717) is 0 Å². The van der Waals surface area contributed by atoms with E-state index in [9.17, 15) is 62.9 Å². The number of ether oxygens (including phenoxy) is 3. The summed E-state index contributed by atoms with van der Waals surface area (Å²) in [6.45, 7) is -1.06. The highest BCUT2D eigenvalue weighted by Crippen LogP contribution is 2.67. The van der Waals surface area contributed by atoms with Gasteiger partial charge in [0.15, 0.2) is 0 Å². The van der Waals surface area contributed by atoms with E-state index in [2.05, 4.69) is 0 Å². The Kier molecular flexibility index (Phi) is 5.50. The summed E-state index contributed by atoms with van der Waals surface area (Å²) in [5.41, 5.74) is -17.2. The lowest BCUT2D eigenvalue weighted by molar-refractivity contribution is -0.404. The standard InChI is InChI=1S/C18H14F12O5/c19-15(20,21)13(31,16(22,23)24)6-1-2-12(14(32,17(25,26)27)18(28,29)30)7(3-6)10-8(34-10)4-33-5-9-11(12)35-9/h1-3,7-11,31-32H,4-5H2. The van der Waals surface area contributed by atoms with Gasteiger partial charge in [-0.25, -0.2) is 0 Å². The van der Waals surface area contributed by atoms with Gasteiger partial charge in [-0.05, 0) is 5.57 Å². The van der Waals surface area contributed by atoms with Crippen molar-refractivity contribution in [3.63, 3.8) is 0 Å². The Labute approximate surface area is 186 Å². The number of epoxide rings is 2. The van der Waals surface area contributed by atoms with Gasteiger partial charge in [-0.1, -0.05) is 18.2 Å². The van der Waals surface area contributed by atoms with Crippen LogP contribution in [-0.2, 0) is 14.2 Å². The molecule has 0 bridgehead atoms. The zero-order valence-corrected chi connectivity index (χ0v) is 16.7. The molecule has 3 saturated heterocycles. The highest BCUT2D eigenvalue weighted by atomic mass is 19.4. The van der Waals surface area contributed by atoms with Crippen LogP contribution in [0.1, 0.15) is 0 Å². The zero-order chi connectivity index (χ0) is 26.6. The summed E-state index contributed by atoms with van der Waals surface area (Å²) in [5.74, 6) is -2.60. The molecule has 0 saturated carbocycles. The Morgan fingerprint density at radius 1 is 0.743 bits per heavy atom. The number of halogens is 12. The van der Waals surface area contributed by atoms with Gasteiger partial charge in [0.1, 0.15) is 12.2 Å². The van der Waals surface area contributed by atoms with Crippen LogP contribution in [0.2, 0.25) is 0 Å². The molecule has 35 heavy (non-hydrogen) atoms. The van der Waals surface area contributed by atoms with E-state index in [0.717, 1.165) is 0 Å². The molecule has 3 fully saturated rings. The van der Waals surface area contributed by atoms with E-state index in [1.54, 1.807) is 0 Å². The van der Waals surface area contributed by atoms with Crippen molar-refractivity contribution in [3.05, 3.63) is 23.8 Å². The number of fused-ring (bicyclic) bond motifs is 5. The third-order valence-electron chi connectivity index (χ3n) is 6.73. The van der Waals surface area contributed by atoms with Gasteiger partial charge in [-0.2, -0.15) is 52.7 Å². The normalized spacial score (nSPS) is 36.2. The van der Waals surface area contributed by atoms with Gasteiger partial charge < -0.3 is 24.4 Å². The molecule has 0 aromatic rings.